The third kappa shape index (κ3) is 2.50. The Kier molecular flexibility index (Phi) is 3.52. The number of methoxy groups -OCH3 is 1. The molecule has 0 bridgehead atoms. The number of hydrogen-bond donors (Lipinski definition) is 0. The van der Waals surface area contributed by atoms with Crippen LogP contribution in [0.5, 0.6) is 5.75 Å². The van der Waals surface area contributed by atoms with Crippen LogP contribution < -0.4 is 4.74 Å². The van der Waals surface area contributed by atoms with E-state index in [1.807, 2.05) is 18.2 Å². The molecule has 0 spiro atoms. The fourth-order valence-corrected chi connectivity index (χ4v) is 2.46. The van der Waals surface area contributed by atoms with E-state index in [-0.39, 0.29) is 5.92 Å². The molecule has 1 aromatic carbocycles. The van der Waals surface area contributed by atoms with Crippen LogP contribution in [0.2, 0.25) is 0 Å². The first-order chi connectivity index (χ1) is 9.28. The number of aromatic nitrogens is 2. The molecule has 0 amide bonds. The van der Waals surface area contributed by atoms with Gasteiger partial charge in [0.25, 0.3) is 0 Å². The second-order valence-corrected chi connectivity index (χ2v) is 5.28. The molecular weight excluding hydrogens is 312 g/mol. The van der Waals surface area contributed by atoms with Gasteiger partial charge >= 0.3 is 0 Å². The van der Waals surface area contributed by atoms with E-state index in [0.717, 1.165) is 28.8 Å². The molecule has 0 N–H and O–H groups in total. The zero-order chi connectivity index (χ0) is 13.2. The number of nitrogens with zero attached hydrogens (tertiary/aromatic N) is 2. The Labute approximate surface area is 119 Å². The van der Waals surface area contributed by atoms with Crippen molar-refractivity contribution in [3.63, 3.8) is 0 Å². The summed E-state index contributed by atoms with van der Waals surface area (Å²) in [5, 5.41) is 4.04. The number of rotatable bonds is 3. The molecule has 19 heavy (non-hydrogen) atoms. The van der Waals surface area contributed by atoms with Crippen molar-refractivity contribution in [3.05, 3.63) is 28.6 Å². The van der Waals surface area contributed by atoms with E-state index in [4.69, 9.17) is 14.0 Å². The first-order valence-electron chi connectivity index (χ1n) is 6.03. The van der Waals surface area contributed by atoms with Crippen molar-refractivity contribution >= 4 is 15.9 Å². The molecule has 5 nitrogen and oxygen atoms in total. The van der Waals surface area contributed by atoms with Gasteiger partial charge in [-0.05, 0) is 24.6 Å². The van der Waals surface area contributed by atoms with Crippen LogP contribution >= 0.6 is 15.9 Å². The molecule has 1 atom stereocenters. The van der Waals surface area contributed by atoms with Crippen LogP contribution in [0.3, 0.4) is 0 Å². The summed E-state index contributed by atoms with van der Waals surface area (Å²) in [4.78, 5) is 4.45. The summed E-state index contributed by atoms with van der Waals surface area (Å²) in [6.07, 6.45) is 0.928. The van der Waals surface area contributed by atoms with Crippen LogP contribution in [0.25, 0.3) is 11.4 Å². The van der Waals surface area contributed by atoms with Crippen LogP contribution in [0, 0.1) is 0 Å². The van der Waals surface area contributed by atoms with Crippen molar-refractivity contribution in [2.75, 3.05) is 20.3 Å². The first kappa shape index (κ1) is 12.6. The Balaban J connectivity index is 1.95. The molecule has 2 aromatic rings. The molecule has 0 radical (unpaired) electrons. The third-order valence-corrected chi connectivity index (χ3v) is 3.62. The van der Waals surface area contributed by atoms with E-state index in [0.29, 0.717) is 18.3 Å². The standard InChI is InChI=1S/C13H13BrN2O3/c1-17-11-3-2-9(14)6-10(11)12-15-13(19-16-12)8-4-5-18-7-8/h2-3,6,8H,4-5,7H2,1H3. The van der Waals surface area contributed by atoms with Crippen LogP contribution in [-0.4, -0.2) is 30.5 Å². The van der Waals surface area contributed by atoms with Gasteiger partial charge in [-0.25, -0.2) is 0 Å². The summed E-state index contributed by atoms with van der Waals surface area (Å²) >= 11 is 3.43. The van der Waals surface area contributed by atoms with Gasteiger partial charge in [-0.15, -0.1) is 0 Å². The molecule has 1 unspecified atom stereocenters. The van der Waals surface area contributed by atoms with Gasteiger partial charge < -0.3 is 14.0 Å². The van der Waals surface area contributed by atoms with Gasteiger partial charge in [0.05, 0.1) is 25.2 Å². The predicted molar refractivity (Wildman–Crippen MR) is 72.2 cm³/mol. The molecule has 0 saturated carbocycles. The van der Waals surface area contributed by atoms with E-state index >= 15 is 0 Å². The summed E-state index contributed by atoms with van der Waals surface area (Å²) in [6, 6.07) is 5.70. The van der Waals surface area contributed by atoms with Crippen molar-refractivity contribution in [1.29, 1.82) is 0 Å². The minimum atomic E-state index is 0.208. The van der Waals surface area contributed by atoms with Crippen LogP contribution in [0.15, 0.2) is 27.2 Å². The molecule has 0 aliphatic carbocycles. The van der Waals surface area contributed by atoms with E-state index in [2.05, 4.69) is 26.1 Å². The first-order valence-corrected chi connectivity index (χ1v) is 6.82. The topological polar surface area (TPSA) is 57.4 Å². The lowest BCUT2D eigenvalue weighted by molar-refractivity contribution is 0.189. The highest BCUT2D eigenvalue weighted by atomic mass is 79.9. The Hall–Kier alpha value is -1.40. The lowest BCUT2D eigenvalue weighted by atomic mass is 10.1. The molecule has 1 aliphatic rings. The molecule has 100 valence electrons. The smallest absolute Gasteiger partial charge is 0.232 e. The summed E-state index contributed by atoms with van der Waals surface area (Å²) in [5.41, 5.74) is 0.811. The summed E-state index contributed by atoms with van der Waals surface area (Å²) < 4.78 is 16.9. The highest BCUT2D eigenvalue weighted by Gasteiger charge is 2.24. The van der Waals surface area contributed by atoms with E-state index in [1.165, 1.54) is 0 Å². The fraction of sp³-hybridized carbons (Fsp3) is 0.385. The second-order valence-electron chi connectivity index (χ2n) is 4.36. The van der Waals surface area contributed by atoms with Gasteiger partial charge in [-0.2, -0.15) is 4.98 Å². The summed E-state index contributed by atoms with van der Waals surface area (Å²) in [6.45, 7) is 1.40. The molecule has 1 aromatic heterocycles. The van der Waals surface area contributed by atoms with Crippen molar-refractivity contribution in [2.24, 2.45) is 0 Å². The lowest BCUT2D eigenvalue weighted by Crippen LogP contribution is -1.97. The molecule has 3 rings (SSSR count). The van der Waals surface area contributed by atoms with Crippen LogP contribution in [-0.2, 0) is 4.74 Å². The molecular formula is C13H13BrN2O3. The molecule has 1 fully saturated rings. The van der Waals surface area contributed by atoms with Gasteiger partial charge in [-0.3, -0.25) is 0 Å². The quantitative estimate of drug-likeness (QED) is 0.868. The molecule has 1 aliphatic heterocycles. The Morgan fingerprint density at radius 2 is 2.32 bits per heavy atom. The van der Waals surface area contributed by atoms with Crippen molar-refractivity contribution in [1.82, 2.24) is 10.1 Å². The monoisotopic (exact) mass is 324 g/mol. The molecule has 1 saturated heterocycles. The average Bonchev–Trinajstić information content (AvgIpc) is 3.09. The van der Waals surface area contributed by atoms with Crippen LogP contribution in [0.1, 0.15) is 18.2 Å². The van der Waals surface area contributed by atoms with Crippen molar-refractivity contribution < 1.29 is 14.0 Å². The summed E-state index contributed by atoms with van der Waals surface area (Å²) in [7, 11) is 1.62. The van der Waals surface area contributed by atoms with Crippen molar-refractivity contribution in [2.45, 2.75) is 12.3 Å². The maximum atomic E-state index is 5.33. The number of halogens is 1. The zero-order valence-electron chi connectivity index (χ0n) is 10.4. The highest BCUT2D eigenvalue weighted by molar-refractivity contribution is 9.10. The second kappa shape index (κ2) is 5.30. The van der Waals surface area contributed by atoms with E-state index in [1.54, 1.807) is 7.11 Å². The number of benzene rings is 1. The zero-order valence-corrected chi connectivity index (χ0v) is 12.0. The minimum Gasteiger partial charge on any atom is -0.496 e. The minimum absolute atomic E-state index is 0.208. The van der Waals surface area contributed by atoms with Gasteiger partial charge in [0, 0.05) is 11.1 Å². The summed E-state index contributed by atoms with van der Waals surface area (Å²) in [5.74, 6) is 2.10. The molecule has 2 heterocycles. The normalized spacial score (nSPS) is 18.7. The van der Waals surface area contributed by atoms with E-state index in [9.17, 15) is 0 Å². The van der Waals surface area contributed by atoms with Gasteiger partial charge in [0.1, 0.15) is 5.75 Å². The largest absolute Gasteiger partial charge is 0.496 e. The highest BCUT2D eigenvalue weighted by Crippen LogP contribution is 2.32. The lowest BCUT2D eigenvalue weighted by Gasteiger charge is -2.04. The average molecular weight is 325 g/mol. The number of ether oxygens (including phenoxy) is 2. The van der Waals surface area contributed by atoms with Gasteiger partial charge in [-0.1, -0.05) is 21.1 Å². The maximum Gasteiger partial charge on any atom is 0.232 e. The van der Waals surface area contributed by atoms with Crippen molar-refractivity contribution in [3.8, 4) is 17.1 Å². The maximum absolute atomic E-state index is 5.33. The van der Waals surface area contributed by atoms with E-state index < -0.39 is 0 Å². The Morgan fingerprint density at radius 1 is 1.42 bits per heavy atom. The Morgan fingerprint density at radius 3 is 3.05 bits per heavy atom. The molecule has 6 heteroatoms. The SMILES string of the molecule is COc1ccc(Br)cc1-c1noc(C2CCOC2)n1. The predicted octanol–water partition coefficient (Wildman–Crippen LogP) is 3.01. The van der Waals surface area contributed by atoms with Crippen LogP contribution in [0.4, 0.5) is 0 Å². The fourth-order valence-electron chi connectivity index (χ4n) is 2.09. The van der Waals surface area contributed by atoms with Gasteiger partial charge in [0.15, 0.2) is 0 Å². The van der Waals surface area contributed by atoms with Gasteiger partial charge in [0.2, 0.25) is 11.7 Å². The Bertz CT molecular complexity index is 579. The number of hydrogen-bond acceptors (Lipinski definition) is 5. The third-order valence-electron chi connectivity index (χ3n) is 3.12.